The van der Waals surface area contributed by atoms with Crippen LogP contribution in [0.3, 0.4) is 0 Å². The Balaban J connectivity index is 2.21. The maximum atomic E-state index is 5.49. The summed E-state index contributed by atoms with van der Waals surface area (Å²) >= 11 is 0. The van der Waals surface area contributed by atoms with Gasteiger partial charge in [0.2, 0.25) is 0 Å². The lowest BCUT2D eigenvalue weighted by atomic mass is 10.1. The van der Waals surface area contributed by atoms with E-state index in [9.17, 15) is 0 Å². The van der Waals surface area contributed by atoms with Crippen LogP contribution >= 0.6 is 0 Å². The number of hydrogen-bond donors (Lipinski definition) is 0. The minimum absolute atomic E-state index is 0.741. The second-order valence-electron chi connectivity index (χ2n) is 5.49. The molecule has 0 radical (unpaired) electrons. The average molecular weight is 317 g/mol. The third kappa shape index (κ3) is 3.33. The Hall–Kier alpha value is -3.01. The summed E-state index contributed by atoms with van der Waals surface area (Å²) in [6.45, 7) is 3.97. The van der Waals surface area contributed by atoms with Crippen molar-refractivity contribution in [3.05, 3.63) is 83.4 Å². The van der Waals surface area contributed by atoms with E-state index in [1.165, 1.54) is 0 Å². The molecule has 2 aromatic carbocycles. The summed E-state index contributed by atoms with van der Waals surface area (Å²) in [5.41, 5.74) is 5.28. The van der Waals surface area contributed by atoms with Gasteiger partial charge in [-0.1, -0.05) is 36.4 Å². The van der Waals surface area contributed by atoms with Crippen LogP contribution in [0.5, 0.6) is 5.75 Å². The van der Waals surface area contributed by atoms with Crippen LogP contribution in [0.4, 0.5) is 5.69 Å². The number of rotatable bonds is 4. The molecule has 0 unspecified atom stereocenters. The van der Waals surface area contributed by atoms with E-state index in [4.69, 9.17) is 9.73 Å². The first-order valence-electron chi connectivity index (χ1n) is 7.76. The smallest absolute Gasteiger partial charge is 0.144 e. The summed E-state index contributed by atoms with van der Waals surface area (Å²) in [4.78, 5) is 13.7. The molecule has 24 heavy (non-hydrogen) atoms. The topological polar surface area (TPSA) is 47.4 Å². The lowest BCUT2D eigenvalue weighted by molar-refractivity contribution is 0.416. The van der Waals surface area contributed by atoms with E-state index in [2.05, 4.69) is 9.97 Å². The summed E-state index contributed by atoms with van der Waals surface area (Å²) in [5, 5.41) is 0. The lowest BCUT2D eigenvalue weighted by Crippen LogP contribution is -2.09. The number of benzene rings is 2. The molecule has 0 atom stereocenters. The molecule has 3 aromatic rings. The van der Waals surface area contributed by atoms with E-state index in [0.29, 0.717) is 0 Å². The van der Waals surface area contributed by atoms with Crippen molar-refractivity contribution in [2.24, 2.45) is 4.99 Å². The van der Waals surface area contributed by atoms with Crippen LogP contribution in [0.15, 0.2) is 65.9 Å². The van der Waals surface area contributed by atoms with Crippen molar-refractivity contribution in [3.8, 4) is 5.75 Å². The van der Waals surface area contributed by atoms with Gasteiger partial charge in [0.05, 0.1) is 18.5 Å². The molecule has 0 aliphatic carbocycles. The molecule has 0 aliphatic rings. The first kappa shape index (κ1) is 15.9. The zero-order valence-corrected chi connectivity index (χ0v) is 14.0. The van der Waals surface area contributed by atoms with Gasteiger partial charge in [0.15, 0.2) is 0 Å². The standard InChI is InChI=1S/C20H19N3O/c1-14-9-10-17(18(13-14)24-3)23-20(16-7-5-4-6-8-16)19-15(2)21-11-12-22-19/h4-13H,1-3H3. The molecular formula is C20H19N3O. The van der Waals surface area contributed by atoms with Gasteiger partial charge in [0.25, 0.3) is 0 Å². The molecule has 0 spiro atoms. The molecule has 4 heteroatoms. The predicted octanol–water partition coefficient (Wildman–Crippen LogP) is 4.27. The van der Waals surface area contributed by atoms with Gasteiger partial charge < -0.3 is 4.74 Å². The molecule has 0 saturated carbocycles. The van der Waals surface area contributed by atoms with E-state index in [-0.39, 0.29) is 0 Å². The molecule has 0 aliphatic heterocycles. The molecule has 4 nitrogen and oxygen atoms in total. The van der Waals surface area contributed by atoms with Gasteiger partial charge in [0.1, 0.15) is 17.1 Å². The Kier molecular flexibility index (Phi) is 4.66. The number of methoxy groups -OCH3 is 1. The van der Waals surface area contributed by atoms with Crippen molar-refractivity contribution in [2.45, 2.75) is 13.8 Å². The van der Waals surface area contributed by atoms with E-state index >= 15 is 0 Å². The van der Waals surface area contributed by atoms with Gasteiger partial charge in [-0.2, -0.15) is 0 Å². The third-order valence-electron chi connectivity index (χ3n) is 3.72. The highest BCUT2D eigenvalue weighted by atomic mass is 16.5. The highest BCUT2D eigenvalue weighted by Gasteiger charge is 2.13. The number of nitrogens with zero attached hydrogens (tertiary/aromatic N) is 3. The van der Waals surface area contributed by atoms with Gasteiger partial charge >= 0.3 is 0 Å². The fourth-order valence-electron chi connectivity index (χ4n) is 2.49. The Labute approximate surface area is 141 Å². The Morgan fingerprint density at radius 3 is 2.42 bits per heavy atom. The SMILES string of the molecule is COc1cc(C)ccc1N=C(c1ccccc1)c1nccnc1C. The number of aryl methyl sites for hydroxylation is 2. The largest absolute Gasteiger partial charge is 0.494 e. The van der Waals surface area contributed by atoms with Gasteiger partial charge in [-0.05, 0) is 31.5 Å². The molecule has 0 saturated heterocycles. The Bertz CT molecular complexity index is 873. The fourth-order valence-corrected chi connectivity index (χ4v) is 2.49. The zero-order valence-electron chi connectivity index (χ0n) is 14.0. The normalized spacial score (nSPS) is 11.4. The van der Waals surface area contributed by atoms with Crippen LogP contribution in [-0.2, 0) is 0 Å². The zero-order chi connectivity index (χ0) is 16.9. The summed E-state index contributed by atoms with van der Waals surface area (Å²) in [5.74, 6) is 0.741. The summed E-state index contributed by atoms with van der Waals surface area (Å²) in [7, 11) is 1.66. The molecule has 0 bridgehead atoms. The minimum atomic E-state index is 0.741. The van der Waals surface area contributed by atoms with Crippen LogP contribution in [0.2, 0.25) is 0 Å². The first-order chi connectivity index (χ1) is 11.7. The molecule has 3 rings (SSSR count). The fraction of sp³-hybridized carbons (Fsp3) is 0.150. The summed E-state index contributed by atoms with van der Waals surface area (Å²) in [6, 6.07) is 16.0. The number of hydrogen-bond acceptors (Lipinski definition) is 4. The second-order valence-corrected chi connectivity index (χ2v) is 5.49. The molecular weight excluding hydrogens is 298 g/mol. The Morgan fingerprint density at radius 1 is 0.958 bits per heavy atom. The number of ether oxygens (including phenoxy) is 1. The quantitative estimate of drug-likeness (QED) is 0.675. The highest BCUT2D eigenvalue weighted by molar-refractivity contribution is 6.13. The molecule has 0 N–H and O–H groups in total. The van der Waals surface area contributed by atoms with Crippen LogP contribution < -0.4 is 4.74 Å². The maximum absolute atomic E-state index is 5.49. The van der Waals surface area contributed by atoms with Gasteiger partial charge in [-0.25, -0.2) is 4.99 Å². The highest BCUT2D eigenvalue weighted by Crippen LogP contribution is 2.30. The van der Waals surface area contributed by atoms with Crippen molar-refractivity contribution in [2.75, 3.05) is 7.11 Å². The first-order valence-corrected chi connectivity index (χ1v) is 7.76. The van der Waals surface area contributed by atoms with Crippen molar-refractivity contribution < 1.29 is 4.74 Å². The Morgan fingerprint density at radius 2 is 1.71 bits per heavy atom. The summed E-state index contributed by atoms with van der Waals surface area (Å²) in [6.07, 6.45) is 3.38. The van der Waals surface area contributed by atoms with Crippen molar-refractivity contribution in [3.63, 3.8) is 0 Å². The maximum Gasteiger partial charge on any atom is 0.144 e. The lowest BCUT2D eigenvalue weighted by Gasteiger charge is -2.11. The molecule has 1 aromatic heterocycles. The molecule has 1 heterocycles. The summed E-state index contributed by atoms with van der Waals surface area (Å²) < 4.78 is 5.49. The van der Waals surface area contributed by atoms with E-state index in [1.807, 2.05) is 62.4 Å². The second kappa shape index (κ2) is 7.04. The van der Waals surface area contributed by atoms with E-state index < -0.39 is 0 Å². The third-order valence-corrected chi connectivity index (χ3v) is 3.72. The number of aromatic nitrogens is 2. The average Bonchev–Trinajstić information content (AvgIpc) is 2.62. The molecule has 0 amide bonds. The number of aliphatic imine (C=N–C) groups is 1. The van der Waals surface area contributed by atoms with E-state index in [1.54, 1.807) is 19.5 Å². The monoisotopic (exact) mass is 317 g/mol. The van der Waals surface area contributed by atoms with Crippen molar-refractivity contribution in [1.29, 1.82) is 0 Å². The van der Waals surface area contributed by atoms with Crippen LogP contribution in [0.1, 0.15) is 22.5 Å². The van der Waals surface area contributed by atoms with Crippen molar-refractivity contribution in [1.82, 2.24) is 9.97 Å². The molecule has 120 valence electrons. The minimum Gasteiger partial charge on any atom is -0.494 e. The van der Waals surface area contributed by atoms with Crippen molar-refractivity contribution >= 4 is 11.4 Å². The van der Waals surface area contributed by atoms with Crippen LogP contribution in [-0.4, -0.2) is 22.8 Å². The van der Waals surface area contributed by atoms with Gasteiger partial charge in [-0.3, -0.25) is 9.97 Å². The van der Waals surface area contributed by atoms with Crippen LogP contribution in [0.25, 0.3) is 0 Å². The van der Waals surface area contributed by atoms with Gasteiger partial charge in [0, 0.05) is 18.0 Å². The van der Waals surface area contributed by atoms with Gasteiger partial charge in [-0.15, -0.1) is 0 Å². The predicted molar refractivity (Wildman–Crippen MR) is 96.2 cm³/mol. The van der Waals surface area contributed by atoms with Crippen LogP contribution in [0, 0.1) is 13.8 Å². The molecule has 0 fully saturated rings. The van der Waals surface area contributed by atoms with E-state index in [0.717, 1.165) is 39.7 Å².